The van der Waals surface area contributed by atoms with E-state index in [-0.39, 0.29) is 18.3 Å². The number of carbonyl (C=O) groups is 1. The van der Waals surface area contributed by atoms with E-state index < -0.39 is 0 Å². The molecular formula is C24H32ClN3O2S. The monoisotopic (exact) mass is 461 g/mol. The number of anilines is 1. The van der Waals surface area contributed by atoms with Crippen LogP contribution >= 0.6 is 23.7 Å². The predicted octanol–water partition coefficient (Wildman–Crippen LogP) is 5.80. The lowest BCUT2D eigenvalue weighted by molar-refractivity contribution is 0.0986. The molecular weight excluding hydrogens is 430 g/mol. The minimum atomic E-state index is -0.0235. The van der Waals surface area contributed by atoms with Crippen molar-refractivity contribution in [3.05, 3.63) is 53.6 Å². The van der Waals surface area contributed by atoms with Crippen LogP contribution in [0.2, 0.25) is 0 Å². The molecule has 7 heteroatoms. The molecule has 0 aliphatic rings. The van der Waals surface area contributed by atoms with Crippen LogP contribution in [0.25, 0.3) is 10.2 Å². The summed E-state index contributed by atoms with van der Waals surface area (Å²) >= 11 is 1.57. The Bertz CT molecular complexity index is 973. The first-order valence-electron chi connectivity index (χ1n) is 10.5. The molecule has 3 rings (SSSR count). The number of aromatic nitrogens is 1. The Labute approximate surface area is 195 Å². The van der Waals surface area contributed by atoms with Crippen LogP contribution in [0.4, 0.5) is 5.13 Å². The highest BCUT2D eigenvalue weighted by molar-refractivity contribution is 7.22. The summed E-state index contributed by atoms with van der Waals surface area (Å²) in [5, 5.41) is 0.752. The first kappa shape index (κ1) is 25.1. The summed E-state index contributed by atoms with van der Waals surface area (Å²) in [6, 6.07) is 13.7. The third kappa shape index (κ3) is 6.92. The minimum Gasteiger partial charge on any atom is -0.494 e. The van der Waals surface area contributed by atoms with E-state index in [1.807, 2.05) is 49.3 Å². The lowest BCUT2D eigenvalue weighted by atomic mass is 10.2. The second-order valence-electron chi connectivity index (χ2n) is 7.81. The quantitative estimate of drug-likeness (QED) is 0.358. The summed E-state index contributed by atoms with van der Waals surface area (Å²) in [7, 11) is 4.09. The van der Waals surface area contributed by atoms with E-state index in [9.17, 15) is 4.79 Å². The van der Waals surface area contributed by atoms with Gasteiger partial charge >= 0.3 is 0 Å². The van der Waals surface area contributed by atoms with Crippen molar-refractivity contribution in [2.75, 3.05) is 38.7 Å². The van der Waals surface area contributed by atoms with E-state index in [1.165, 1.54) is 5.56 Å². The first-order chi connectivity index (χ1) is 14.5. The number of unbranched alkanes of at least 4 members (excludes halogenated alkanes) is 1. The van der Waals surface area contributed by atoms with Crippen LogP contribution in [0, 0.1) is 6.92 Å². The molecule has 0 fully saturated rings. The molecule has 3 aromatic rings. The summed E-state index contributed by atoms with van der Waals surface area (Å²) in [4.78, 5) is 22.1. The van der Waals surface area contributed by atoms with Crippen LogP contribution in [-0.4, -0.2) is 49.6 Å². The van der Waals surface area contributed by atoms with E-state index in [1.54, 1.807) is 11.3 Å². The molecule has 0 N–H and O–H groups in total. The first-order valence-corrected chi connectivity index (χ1v) is 11.4. The largest absolute Gasteiger partial charge is 0.494 e. The van der Waals surface area contributed by atoms with Crippen LogP contribution < -0.4 is 9.64 Å². The molecule has 1 heterocycles. The van der Waals surface area contributed by atoms with E-state index in [4.69, 9.17) is 9.72 Å². The standard InChI is InChI=1S/C24H31N3O2S.ClH/c1-5-6-16-29-20-11-9-19(10-12-20)23(28)27(15-7-14-26(3)4)24-25-21-13-8-18(2)17-22(21)30-24;/h8-13,17H,5-7,14-16H2,1-4H3;1H. The smallest absolute Gasteiger partial charge is 0.260 e. The average Bonchev–Trinajstić information content (AvgIpc) is 3.14. The highest BCUT2D eigenvalue weighted by atomic mass is 35.5. The van der Waals surface area contributed by atoms with E-state index in [0.717, 1.165) is 46.9 Å². The summed E-state index contributed by atoms with van der Waals surface area (Å²) in [5.74, 6) is 0.777. The fraction of sp³-hybridized carbons (Fsp3) is 0.417. The maximum absolute atomic E-state index is 13.4. The van der Waals surface area contributed by atoms with E-state index in [0.29, 0.717) is 18.7 Å². The molecule has 0 unspecified atom stereocenters. The minimum absolute atomic E-state index is 0. The third-order valence-corrected chi connectivity index (χ3v) is 5.90. The molecule has 0 aliphatic carbocycles. The van der Waals surface area contributed by atoms with Crippen molar-refractivity contribution in [3.8, 4) is 5.75 Å². The zero-order valence-electron chi connectivity index (χ0n) is 18.8. The Morgan fingerprint density at radius 1 is 1.06 bits per heavy atom. The molecule has 0 atom stereocenters. The van der Waals surface area contributed by atoms with Gasteiger partial charge in [0.2, 0.25) is 0 Å². The predicted molar refractivity (Wildman–Crippen MR) is 133 cm³/mol. The van der Waals surface area contributed by atoms with E-state index in [2.05, 4.69) is 30.9 Å². The average molecular weight is 462 g/mol. The molecule has 1 amide bonds. The molecule has 5 nitrogen and oxygen atoms in total. The zero-order valence-corrected chi connectivity index (χ0v) is 20.4. The van der Waals surface area contributed by atoms with Crippen LogP contribution in [0.5, 0.6) is 5.75 Å². The summed E-state index contributed by atoms with van der Waals surface area (Å²) in [5.41, 5.74) is 2.78. The SMILES string of the molecule is CCCCOc1ccc(C(=O)N(CCCN(C)C)c2nc3ccc(C)cc3s2)cc1.Cl. The number of nitrogens with zero attached hydrogens (tertiary/aromatic N) is 3. The number of benzene rings is 2. The van der Waals surface area contributed by atoms with Gasteiger partial charge in [-0.05, 0) is 82.4 Å². The van der Waals surface area contributed by atoms with Gasteiger partial charge in [0.1, 0.15) is 5.75 Å². The van der Waals surface area contributed by atoms with Gasteiger partial charge in [-0.3, -0.25) is 9.69 Å². The maximum atomic E-state index is 13.4. The highest BCUT2D eigenvalue weighted by Gasteiger charge is 2.21. The molecule has 0 radical (unpaired) electrons. The lowest BCUT2D eigenvalue weighted by Crippen LogP contribution is -2.33. The topological polar surface area (TPSA) is 45.7 Å². The van der Waals surface area contributed by atoms with Gasteiger partial charge in [0.25, 0.3) is 5.91 Å². The Hall–Kier alpha value is -2.15. The van der Waals surface area contributed by atoms with E-state index >= 15 is 0 Å². The van der Waals surface area contributed by atoms with Crippen molar-refractivity contribution in [3.63, 3.8) is 0 Å². The Morgan fingerprint density at radius 2 is 1.81 bits per heavy atom. The van der Waals surface area contributed by atoms with Crippen LogP contribution in [-0.2, 0) is 0 Å². The lowest BCUT2D eigenvalue weighted by Gasteiger charge is -2.21. The number of carbonyl (C=O) groups excluding carboxylic acids is 1. The summed E-state index contributed by atoms with van der Waals surface area (Å²) in [6.07, 6.45) is 3.00. The number of amides is 1. The molecule has 0 aliphatic heterocycles. The number of hydrogen-bond donors (Lipinski definition) is 0. The van der Waals surface area contributed by atoms with Gasteiger partial charge in [-0.15, -0.1) is 12.4 Å². The van der Waals surface area contributed by atoms with Crippen molar-refractivity contribution in [2.45, 2.75) is 33.1 Å². The Balaban J connectivity index is 0.00000341. The molecule has 0 saturated heterocycles. The van der Waals surface area contributed by atoms with Crippen LogP contribution in [0.3, 0.4) is 0 Å². The second kappa shape index (κ2) is 12.0. The number of halogens is 1. The number of hydrogen-bond acceptors (Lipinski definition) is 5. The van der Waals surface area contributed by atoms with Crippen molar-refractivity contribution in [1.82, 2.24) is 9.88 Å². The van der Waals surface area contributed by atoms with Crippen molar-refractivity contribution < 1.29 is 9.53 Å². The number of aryl methyl sites for hydroxylation is 1. The van der Waals surface area contributed by atoms with Gasteiger partial charge in [0.05, 0.1) is 16.8 Å². The van der Waals surface area contributed by atoms with Gasteiger partial charge in [0.15, 0.2) is 5.13 Å². The third-order valence-electron chi connectivity index (χ3n) is 4.86. The number of rotatable bonds is 10. The van der Waals surface area contributed by atoms with Crippen molar-refractivity contribution >= 4 is 45.0 Å². The number of fused-ring (bicyclic) bond motifs is 1. The zero-order chi connectivity index (χ0) is 21.5. The molecule has 2 aromatic carbocycles. The normalized spacial score (nSPS) is 10.9. The molecule has 168 valence electrons. The fourth-order valence-corrected chi connectivity index (χ4v) is 4.24. The number of ether oxygens (including phenoxy) is 1. The molecule has 0 saturated carbocycles. The maximum Gasteiger partial charge on any atom is 0.260 e. The van der Waals surface area contributed by atoms with Crippen molar-refractivity contribution in [2.24, 2.45) is 0 Å². The van der Waals surface area contributed by atoms with Gasteiger partial charge in [-0.1, -0.05) is 30.7 Å². The van der Waals surface area contributed by atoms with Crippen LogP contribution in [0.1, 0.15) is 42.1 Å². The van der Waals surface area contributed by atoms with Gasteiger partial charge in [-0.25, -0.2) is 4.98 Å². The molecule has 1 aromatic heterocycles. The summed E-state index contributed by atoms with van der Waals surface area (Å²) < 4.78 is 6.83. The molecule has 0 spiro atoms. The fourth-order valence-electron chi connectivity index (χ4n) is 3.15. The molecule has 0 bridgehead atoms. The Kier molecular flexibility index (Phi) is 9.75. The Morgan fingerprint density at radius 3 is 2.48 bits per heavy atom. The van der Waals surface area contributed by atoms with Crippen LogP contribution in [0.15, 0.2) is 42.5 Å². The summed E-state index contributed by atoms with van der Waals surface area (Å²) in [6.45, 7) is 6.45. The number of thiazole rings is 1. The van der Waals surface area contributed by atoms with Crippen molar-refractivity contribution in [1.29, 1.82) is 0 Å². The van der Waals surface area contributed by atoms with Gasteiger partial charge in [-0.2, -0.15) is 0 Å². The highest BCUT2D eigenvalue weighted by Crippen LogP contribution is 2.30. The molecule has 31 heavy (non-hydrogen) atoms. The second-order valence-corrected chi connectivity index (χ2v) is 8.82. The van der Waals surface area contributed by atoms with Gasteiger partial charge in [0, 0.05) is 12.1 Å². The van der Waals surface area contributed by atoms with Gasteiger partial charge < -0.3 is 9.64 Å².